The zero-order valence-corrected chi connectivity index (χ0v) is 11.7. The average Bonchev–Trinajstić information content (AvgIpc) is 3.12. The molecule has 1 aromatic carbocycles. The quantitative estimate of drug-likeness (QED) is 0.808. The number of amides is 1. The van der Waals surface area contributed by atoms with Crippen molar-refractivity contribution in [3.8, 4) is 5.69 Å². The van der Waals surface area contributed by atoms with E-state index in [0.29, 0.717) is 22.1 Å². The number of halogens is 1. The monoisotopic (exact) mass is 304 g/mol. The molecule has 0 aliphatic carbocycles. The van der Waals surface area contributed by atoms with E-state index in [1.165, 1.54) is 11.3 Å². The van der Waals surface area contributed by atoms with Crippen molar-refractivity contribution in [2.24, 2.45) is 0 Å². The maximum absolute atomic E-state index is 12.1. The van der Waals surface area contributed by atoms with Crippen molar-refractivity contribution in [3.05, 3.63) is 58.5 Å². The molecule has 7 heteroatoms. The topological polar surface area (TPSA) is 59.8 Å². The number of hydrogen-bond acceptors (Lipinski definition) is 4. The fourth-order valence-electron chi connectivity index (χ4n) is 1.78. The van der Waals surface area contributed by atoms with Crippen LogP contribution in [0.15, 0.2) is 47.8 Å². The Hall–Kier alpha value is -2.18. The van der Waals surface area contributed by atoms with Crippen molar-refractivity contribution in [2.45, 2.75) is 0 Å². The average molecular weight is 305 g/mol. The van der Waals surface area contributed by atoms with Gasteiger partial charge in [0.25, 0.3) is 5.91 Å². The lowest BCUT2D eigenvalue weighted by Gasteiger charge is -2.12. The molecule has 0 fully saturated rings. The summed E-state index contributed by atoms with van der Waals surface area (Å²) >= 11 is 7.59. The lowest BCUT2D eigenvalue weighted by Crippen LogP contribution is -2.14. The van der Waals surface area contributed by atoms with E-state index in [2.05, 4.69) is 15.3 Å². The molecule has 3 aromatic rings. The van der Waals surface area contributed by atoms with Crippen molar-refractivity contribution in [1.29, 1.82) is 0 Å². The van der Waals surface area contributed by atoms with E-state index in [-0.39, 0.29) is 5.91 Å². The van der Waals surface area contributed by atoms with E-state index < -0.39 is 0 Å². The largest absolute Gasteiger partial charge is 0.319 e. The van der Waals surface area contributed by atoms with Gasteiger partial charge in [-0.25, -0.2) is 9.97 Å². The maximum atomic E-state index is 12.1. The van der Waals surface area contributed by atoms with Crippen LogP contribution in [0.25, 0.3) is 5.69 Å². The summed E-state index contributed by atoms with van der Waals surface area (Å²) in [5.41, 5.74) is 3.28. The first kappa shape index (κ1) is 12.8. The Kier molecular flexibility index (Phi) is 3.49. The molecule has 1 amide bonds. The van der Waals surface area contributed by atoms with Crippen LogP contribution in [0.2, 0.25) is 5.02 Å². The number of thiazole rings is 1. The molecule has 0 aliphatic rings. The number of hydrogen-bond donors (Lipinski definition) is 1. The Labute approximate surface area is 123 Å². The molecule has 0 atom stereocenters. The highest BCUT2D eigenvalue weighted by Gasteiger charge is 2.13. The van der Waals surface area contributed by atoms with Gasteiger partial charge in [-0.1, -0.05) is 17.7 Å². The normalized spacial score (nSPS) is 10.4. The van der Waals surface area contributed by atoms with E-state index in [9.17, 15) is 4.79 Å². The number of anilines is 1. The third kappa shape index (κ3) is 2.43. The maximum Gasteiger partial charge on any atom is 0.275 e. The van der Waals surface area contributed by atoms with Gasteiger partial charge in [-0.3, -0.25) is 4.79 Å². The highest BCUT2D eigenvalue weighted by molar-refractivity contribution is 7.07. The molecule has 5 nitrogen and oxygen atoms in total. The lowest BCUT2D eigenvalue weighted by atomic mass is 10.2. The van der Waals surface area contributed by atoms with Crippen LogP contribution in [-0.4, -0.2) is 20.4 Å². The van der Waals surface area contributed by atoms with E-state index in [4.69, 9.17) is 11.6 Å². The van der Waals surface area contributed by atoms with Gasteiger partial charge in [-0.15, -0.1) is 11.3 Å². The highest BCUT2D eigenvalue weighted by Crippen LogP contribution is 2.28. The molecule has 0 spiro atoms. The summed E-state index contributed by atoms with van der Waals surface area (Å²) in [5, 5.41) is 5.03. The SMILES string of the molecule is O=C(Nc1cccc(Cl)c1-n1ccnc1)c1cscn1. The number of carbonyl (C=O) groups excluding carboxylic acids is 1. The second-order valence-electron chi connectivity index (χ2n) is 3.93. The summed E-state index contributed by atoms with van der Waals surface area (Å²) in [6.45, 7) is 0. The van der Waals surface area contributed by atoms with Gasteiger partial charge in [0.1, 0.15) is 5.69 Å². The van der Waals surface area contributed by atoms with Crippen LogP contribution < -0.4 is 5.32 Å². The molecule has 0 radical (unpaired) electrons. The van der Waals surface area contributed by atoms with Crippen molar-refractivity contribution in [1.82, 2.24) is 14.5 Å². The molecule has 100 valence electrons. The van der Waals surface area contributed by atoms with Crippen LogP contribution in [0.4, 0.5) is 5.69 Å². The fraction of sp³-hybridized carbons (Fsp3) is 0. The molecular weight excluding hydrogens is 296 g/mol. The third-order valence-corrected chi connectivity index (χ3v) is 3.55. The van der Waals surface area contributed by atoms with Crippen LogP contribution in [0.1, 0.15) is 10.5 Å². The van der Waals surface area contributed by atoms with E-state index in [1.54, 1.807) is 52.4 Å². The molecule has 0 unspecified atom stereocenters. The summed E-state index contributed by atoms with van der Waals surface area (Å²) in [6, 6.07) is 5.32. The number of nitrogens with one attached hydrogen (secondary N) is 1. The standard InChI is InChI=1S/C13H9ClN4OS/c14-9-2-1-3-10(12(9)18-5-4-15-7-18)17-13(19)11-6-20-8-16-11/h1-8H,(H,17,19). The van der Waals surface area contributed by atoms with Gasteiger partial charge in [-0.05, 0) is 12.1 Å². The molecule has 0 aliphatic heterocycles. The van der Waals surface area contributed by atoms with Crippen LogP contribution in [0, 0.1) is 0 Å². The number of imidazole rings is 1. The van der Waals surface area contributed by atoms with Crippen LogP contribution >= 0.6 is 22.9 Å². The van der Waals surface area contributed by atoms with Crippen molar-refractivity contribution >= 4 is 34.5 Å². The van der Waals surface area contributed by atoms with Gasteiger partial charge in [0, 0.05) is 17.8 Å². The van der Waals surface area contributed by atoms with E-state index >= 15 is 0 Å². The van der Waals surface area contributed by atoms with Gasteiger partial charge >= 0.3 is 0 Å². The van der Waals surface area contributed by atoms with Gasteiger partial charge in [0.2, 0.25) is 0 Å². The van der Waals surface area contributed by atoms with Crippen molar-refractivity contribution in [3.63, 3.8) is 0 Å². The third-order valence-electron chi connectivity index (χ3n) is 2.66. The van der Waals surface area contributed by atoms with Crippen LogP contribution in [0.5, 0.6) is 0 Å². The second kappa shape index (κ2) is 5.44. The summed E-state index contributed by atoms with van der Waals surface area (Å²) in [5.74, 6) is -0.269. The number of benzene rings is 1. The van der Waals surface area contributed by atoms with E-state index in [1.807, 2.05) is 0 Å². The Morgan fingerprint density at radius 1 is 1.40 bits per heavy atom. The number of nitrogens with zero attached hydrogens (tertiary/aromatic N) is 3. The summed E-state index contributed by atoms with van der Waals surface area (Å²) in [7, 11) is 0. The molecule has 0 bridgehead atoms. The van der Waals surface area contributed by atoms with Gasteiger partial charge in [-0.2, -0.15) is 0 Å². The first-order chi connectivity index (χ1) is 9.75. The molecule has 2 aromatic heterocycles. The molecule has 3 rings (SSSR count). The van der Waals surface area contributed by atoms with Crippen molar-refractivity contribution < 1.29 is 4.79 Å². The Morgan fingerprint density at radius 2 is 2.30 bits per heavy atom. The fourth-order valence-corrected chi connectivity index (χ4v) is 2.59. The first-order valence-corrected chi connectivity index (χ1v) is 7.04. The second-order valence-corrected chi connectivity index (χ2v) is 5.06. The predicted molar refractivity (Wildman–Crippen MR) is 78.6 cm³/mol. The molecule has 0 saturated heterocycles. The molecule has 0 saturated carbocycles. The number of para-hydroxylation sites is 1. The van der Waals surface area contributed by atoms with Crippen LogP contribution in [0.3, 0.4) is 0 Å². The molecule has 20 heavy (non-hydrogen) atoms. The lowest BCUT2D eigenvalue weighted by molar-refractivity contribution is 0.102. The minimum Gasteiger partial charge on any atom is -0.319 e. The highest BCUT2D eigenvalue weighted by atomic mass is 35.5. The Bertz CT molecular complexity index is 725. The predicted octanol–water partition coefficient (Wildman–Crippen LogP) is 3.23. The van der Waals surface area contributed by atoms with Crippen molar-refractivity contribution in [2.75, 3.05) is 5.32 Å². The number of rotatable bonds is 3. The smallest absolute Gasteiger partial charge is 0.275 e. The van der Waals surface area contributed by atoms with Gasteiger partial charge in [0.15, 0.2) is 0 Å². The number of aromatic nitrogens is 3. The van der Waals surface area contributed by atoms with E-state index in [0.717, 1.165) is 0 Å². The molecule has 2 heterocycles. The summed E-state index contributed by atoms with van der Waals surface area (Å²) < 4.78 is 1.75. The summed E-state index contributed by atoms with van der Waals surface area (Å²) in [4.78, 5) is 20.0. The minimum atomic E-state index is -0.269. The Balaban J connectivity index is 1.98. The van der Waals surface area contributed by atoms with Gasteiger partial charge in [0.05, 0.1) is 28.2 Å². The van der Waals surface area contributed by atoms with Crippen LogP contribution in [-0.2, 0) is 0 Å². The first-order valence-electron chi connectivity index (χ1n) is 5.72. The molecular formula is C13H9ClN4OS. The Morgan fingerprint density at radius 3 is 3.00 bits per heavy atom. The summed E-state index contributed by atoms with van der Waals surface area (Å²) in [6.07, 6.45) is 5.04. The van der Waals surface area contributed by atoms with Gasteiger partial charge < -0.3 is 9.88 Å². The zero-order chi connectivity index (χ0) is 13.9. The number of carbonyl (C=O) groups is 1. The molecule has 1 N–H and O–H groups in total. The minimum absolute atomic E-state index is 0.269. The zero-order valence-electron chi connectivity index (χ0n) is 10.2.